The molecule has 0 bridgehead atoms. The van der Waals surface area contributed by atoms with Crippen molar-refractivity contribution in [2.45, 2.75) is 56.2 Å². The van der Waals surface area contributed by atoms with Gasteiger partial charge in [-0.3, -0.25) is 4.79 Å². The maximum absolute atomic E-state index is 13.4. The highest BCUT2D eigenvalue weighted by atomic mass is 16.5. The van der Waals surface area contributed by atoms with Gasteiger partial charge in [0, 0.05) is 20.1 Å². The number of alkyl carbamates (subject to hydrolysis) is 1. The third-order valence-corrected chi connectivity index (χ3v) is 7.53. The van der Waals surface area contributed by atoms with Crippen molar-refractivity contribution in [2.24, 2.45) is 0 Å². The summed E-state index contributed by atoms with van der Waals surface area (Å²) in [5, 5.41) is 12.5. The van der Waals surface area contributed by atoms with E-state index in [9.17, 15) is 19.5 Å². The number of nitrogens with zero attached hydrogens (tertiary/aromatic N) is 1. The van der Waals surface area contributed by atoms with Crippen LogP contribution in [0.5, 0.6) is 0 Å². The fourth-order valence-electron chi connectivity index (χ4n) is 5.36. The number of aliphatic carboxylic acids is 1. The Labute approximate surface area is 205 Å². The molecule has 2 atom stereocenters. The fraction of sp³-hybridized carbons (Fsp3) is 0.444. The van der Waals surface area contributed by atoms with Crippen LogP contribution in [0.1, 0.15) is 49.7 Å². The van der Waals surface area contributed by atoms with E-state index in [0.717, 1.165) is 35.1 Å². The molecule has 0 heterocycles. The van der Waals surface area contributed by atoms with E-state index in [1.165, 1.54) is 19.1 Å². The molecule has 1 saturated carbocycles. The van der Waals surface area contributed by atoms with Crippen molar-refractivity contribution >= 4 is 18.0 Å². The molecule has 8 nitrogen and oxygen atoms in total. The van der Waals surface area contributed by atoms with Crippen LogP contribution in [0.15, 0.2) is 48.5 Å². The molecular formula is C27H32N2O6. The van der Waals surface area contributed by atoms with Crippen LogP contribution in [0.25, 0.3) is 11.1 Å². The number of carboxylic acids is 1. The molecular weight excluding hydrogens is 448 g/mol. The number of rotatable bonds is 8. The molecule has 2 unspecified atom stereocenters. The quantitative estimate of drug-likeness (QED) is 0.596. The van der Waals surface area contributed by atoms with Crippen LogP contribution in [0.2, 0.25) is 0 Å². The van der Waals surface area contributed by atoms with Gasteiger partial charge in [0.25, 0.3) is 0 Å². The number of amides is 2. The number of likely N-dealkylation sites (N-methyl/N-ethyl adjacent to an activating group) is 1. The second kappa shape index (κ2) is 10.1. The summed E-state index contributed by atoms with van der Waals surface area (Å²) >= 11 is 0. The SMILES string of the molecule is COC(C)C(NC(=O)OCC1c2ccccc2-c2ccccc21)C(=O)N(C)C1(C(=O)O)CCCC1. The van der Waals surface area contributed by atoms with Crippen LogP contribution in [0.3, 0.4) is 0 Å². The van der Waals surface area contributed by atoms with E-state index in [4.69, 9.17) is 9.47 Å². The lowest BCUT2D eigenvalue weighted by molar-refractivity contribution is -0.159. The first-order valence-corrected chi connectivity index (χ1v) is 12.0. The Morgan fingerprint density at radius 1 is 1.06 bits per heavy atom. The van der Waals surface area contributed by atoms with E-state index in [1.807, 2.05) is 36.4 Å². The van der Waals surface area contributed by atoms with E-state index < -0.39 is 35.7 Å². The first-order chi connectivity index (χ1) is 16.8. The van der Waals surface area contributed by atoms with Crippen LogP contribution in [-0.4, -0.2) is 66.4 Å². The third-order valence-electron chi connectivity index (χ3n) is 7.53. The number of carbonyl (C=O) groups is 3. The molecule has 186 valence electrons. The van der Waals surface area contributed by atoms with Gasteiger partial charge in [-0.25, -0.2) is 9.59 Å². The van der Waals surface area contributed by atoms with Gasteiger partial charge in [-0.15, -0.1) is 0 Å². The van der Waals surface area contributed by atoms with Gasteiger partial charge in [-0.05, 0) is 42.0 Å². The molecule has 2 N–H and O–H groups in total. The Bertz CT molecular complexity index is 1060. The van der Waals surface area contributed by atoms with Crippen molar-refractivity contribution in [3.8, 4) is 11.1 Å². The zero-order chi connectivity index (χ0) is 25.2. The standard InChI is InChI=1S/C27H32N2O6/c1-17(34-3)23(24(30)29(2)27(25(31)32)14-8-9-15-27)28-26(33)35-16-22-20-12-6-4-10-18(20)19-11-5-7-13-21(19)22/h4-7,10-13,17,22-23H,8-9,14-16H2,1-3H3,(H,28,33)(H,31,32). The van der Waals surface area contributed by atoms with Crippen molar-refractivity contribution in [3.63, 3.8) is 0 Å². The highest BCUT2D eigenvalue weighted by Crippen LogP contribution is 2.44. The first kappa shape index (κ1) is 24.7. The number of ether oxygens (including phenoxy) is 2. The molecule has 0 spiro atoms. The summed E-state index contributed by atoms with van der Waals surface area (Å²) in [6.45, 7) is 1.76. The lowest BCUT2D eigenvalue weighted by Gasteiger charge is -2.38. The largest absolute Gasteiger partial charge is 0.479 e. The topological polar surface area (TPSA) is 105 Å². The van der Waals surface area contributed by atoms with Gasteiger partial charge in [0.1, 0.15) is 18.2 Å². The number of hydrogen-bond donors (Lipinski definition) is 2. The summed E-state index contributed by atoms with van der Waals surface area (Å²) in [6, 6.07) is 15.0. The van der Waals surface area contributed by atoms with Crippen LogP contribution in [0.4, 0.5) is 4.79 Å². The summed E-state index contributed by atoms with van der Waals surface area (Å²) in [5.41, 5.74) is 3.14. The average molecular weight is 481 g/mol. The molecule has 0 saturated heterocycles. The van der Waals surface area contributed by atoms with Crippen LogP contribution in [0, 0.1) is 0 Å². The van der Waals surface area contributed by atoms with Crippen LogP contribution >= 0.6 is 0 Å². The normalized spacial score (nSPS) is 17.7. The Morgan fingerprint density at radius 3 is 2.11 bits per heavy atom. The van der Waals surface area contributed by atoms with Crippen molar-refractivity contribution in [3.05, 3.63) is 59.7 Å². The smallest absolute Gasteiger partial charge is 0.407 e. The van der Waals surface area contributed by atoms with Crippen molar-refractivity contribution in [2.75, 3.05) is 20.8 Å². The van der Waals surface area contributed by atoms with E-state index in [0.29, 0.717) is 12.8 Å². The Morgan fingerprint density at radius 2 is 1.60 bits per heavy atom. The summed E-state index contributed by atoms with van der Waals surface area (Å²) in [7, 11) is 2.92. The molecule has 2 aliphatic carbocycles. The second-order valence-corrected chi connectivity index (χ2v) is 9.33. The summed E-state index contributed by atoms with van der Waals surface area (Å²) in [5.74, 6) is -1.66. The van der Waals surface area contributed by atoms with Crippen LogP contribution < -0.4 is 5.32 Å². The third kappa shape index (κ3) is 4.50. The number of methoxy groups -OCH3 is 1. The maximum Gasteiger partial charge on any atom is 0.407 e. The number of carbonyl (C=O) groups excluding carboxylic acids is 2. The zero-order valence-electron chi connectivity index (χ0n) is 20.3. The van der Waals surface area contributed by atoms with Crippen LogP contribution in [-0.2, 0) is 19.1 Å². The molecule has 2 aliphatic rings. The highest BCUT2D eigenvalue weighted by molar-refractivity contribution is 5.92. The maximum atomic E-state index is 13.4. The molecule has 1 fully saturated rings. The number of hydrogen-bond acceptors (Lipinski definition) is 5. The minimum atomic E-state index is -1.27. The summed E-state index contributed by atoms with van der Waals surface area (Å²) < 4.78 is 10.9. The zero-order valence-corrected chi connectivity index (χ0v) is 20.3. The van der Waals surface area contributed by atoms with E-state index in [-0.39, 0.29) is 12.5 Å². The molecule has 0 radical (unpaired) electrons. The summed E-state index contributed by atoms with van der Waals surface area (Å²) in [6.07, 6.45) is 0.784. The number of benzene rings is 2. The average Bonchev–Trinajstić information content (AvgIpc) is 3.49. The monoisotopic (exact) mass is 480 g/mol. The van der Waals surface area contributed by atoms with Crippen molar-refractivity contribution < 1.29 is 29.0 Å². The van der Waals surface area contributed by atoms with Gasteiger partial charge in [-0.1, -0.05) is 61.4 Å². The highest BCUT2D eigenvalue weighted by Gasteiger charge is 2.49. The van der Waals surface area contributed by atoms with Gasteiger partial charge in [0.05, 0.1) is 6.10 Å². The van der Waals surface area contributed by atoms with E-state index >= 15 is 0 Å². The van der Waals surface area contributed by atoms with Crippen molar-refractivity contribution in [1.29, 1.82) is 0 Å². The Hall–Kier alpha value is -3.39. The lowest BCUT2D eigenvalue weighted by atomic mass is 9.94. The van der Waals surface area contributed by atoms with Gasteiger partial charge >= 0.3 is 12.1 Å². The fourth-order valence-corrected chi connectivity index (χ4v) is 5.36. The van der Waals surface area contributed by atoms with Crippen molar-refractivity contribution in [1.82, 2.24) is 10.2 Å². The van der Waals surface area contributed by atoms with E-state index in [1.54, 1.807) is 6.92 Å². The number of nitrogens with one attached hydrogen (secondary N) is 1. The first-order valence-electron chi connectivity index (χ1n) is 12.0. The Kier molecular flexibility index (Phi) is 7.12. The summed E-state index contributed by atoms with van der Waals surface area (Å²) in [4.78, 5) is 39.5. The molecule has 2 amide bonds. The van der Waals surface area contributed by atoms with Gasteiger partial charge in [0.15, 0.2) is 0 Å². The number of fused-ring (bicyclic) bond motifs is 3. The molecule has 35 heavy (non-hydrogen) atoms. The predicted molar refractivity (Wildman–Crippen MR) is 130 cm³/mol. The van der Waals surface area contributed by atoms with Gasteiger partial charge < -0.3 is 24.8 Å². The molecule has 0 aromatic heterocycles. The molecule has 2 aromatic carbocycles. The minimum Gasteiger partial charge on any atom is -0.479 e. The lowest BCUT2D eigenvalue weighted by Crippen LogP contribution is -2.61. The van der Waals surface area contributed by atoms with E-state index in [2.05, 4.69) is 17.4 Å². The second-order valence-electron chi connectivity index (χ2n) is 9.33. The molecule has 4 rings (SSSR count). The molecule has 2 aromatic rings. The number of carboxylic acid groups (broad SMARTS) is 1. The predicted octanol–water partition coefficient (Wildman–Crippen LogP) is 3.78. The minimum absolute atomic E-state index is 0.108. The van der Waals surface area contributed by atoms with Gasteiger partial charge in [0.2, 0.25) is 5.91 Å². The molecule has 0 aliphatic heterocycles. The van der Waals surface area contributed by atoms with Gasteiger partial charge in [-0.2, -0.15) is 0 Å². The Balaban J connectivity index is 1.47. The molecule has 8 heteroatoms.